The van der Waals surface area contributed by atoms with Gasteiger partial charge in [0.15, 0.2) is 0 Å². The van der Waals surface area contributed by atoms with Gasteiger partial charge in [0.2, 0.25) is 0 Å². The molecule has 4 aromatic carbocycles. The third-order valence-electron chi connectivity index (χ3n) is 6.38. The minimum Gasteiger partial charge on any atom is -0.305 e. The van der Waals surface area contributed by atoms with Gasteiger partial charge in [-0.25, -0.2) is 4.68 Å². The van der Waals surface area contributed by atoms with Crippen LogP contribution < -0.4 is 0 Å². The standard InChI is InChI=1S/C19H13N4.C11H7N4.C8H6.C2H5I.C2H6.I2.2Ir/c1-2-7-15(8-3-1)19-14-23(22-21-19)17-10-6-9-16(13-17)18-11-4-5-12-20-18;12-15-14-10-5-3-4-9(8-10)11-6-1-2-7-13-11;1-2-8-6-4-3-5-7-8;1-2-3;2*1-2;;/h1-8,10-14H;1-3,5-8H;1,3-7H;2H2,1H3;1-2H3;;;/q2*-1;;;;;;. The molecule has 286 valence electrons. The fourth-order valence-corrected chi connectivity index (χ4v) is 4.17. The maximum Gasteiger partial charge on any atom is 0.113 e. The van der Waals surface area contributed by atoms with Crippen molar-refractivity contribution in [2.75, 3.05) is 4.43 Å². The Hall–Kier alpha value is -3.32. The molecule has 7 rings (SSSR count). The summed E-state index contributed by atoms with van der Waals surface area (Å²) in [4.78, 5) is 11.3. The molecule has 0 spiro atoms. The van der Waals surface area contributed by atoms with E-state index < -0.39 is 0 Å². The summed E-state index contributed by atoms with van der Waals surface area (Å²) >= 11 is 6.53. The number of hydrogen-bond acceptors (Lipinski definition) is 5. The van der Waals surface area contributed by atoms with E-state index in [1.807, 2.05) is 135 Å². The number of nitrogens with zero attached hydrogens (tertiary/aromatic N) is 8. The molecule has 0 atom stereocenters. The second kappa shape index (κ2) is 32.9. The molecule has 3 heterocycles. The molecule has 55 heavy (non-hydrogen) atoms. The smallest absolute Gasteiger partial charge is 0.113 e. The monoisotopic (exact) mass is 1420 g/mol. The van der Waals surface area contributed by atoms with Crippen molar-refractivity contribution < 1.29 is 40.2 Å². The number of azide groups is 1. The number of pyridine rings is 2. The Morgan fingerprint density at radius 2 is 1.25 bits per heavy atom. The molecule has 0 N–H and O–H groups in total. The Bertz CT molecular complexity index is 2090. The normalized spacial score (nSPS) is 8.67. The number of hydrogen-bond donors (Lipinski definition) is 0. The number of terminal acetylenes is 1. The van der Waals surface area contributed by atoms with Crippen LogP contribution in [-0.4, -0.2) is 29.4 Å². The SMILES string of the molecule is C#Cc1ccccc1.CC.CCI.II.[Ir].[Ir].[N-]=[N+]=Nc1cc[c-]c(-c2ccccn2)c1.[c-]1ccc(-n2cc(-c3ccccc3)nn2)cc1-c1ccccn1. The van der Waals surface area contributed by atoms with Crippen LogP contribution >= 0.6 is 59.8 Å². The Kier molecular flexibility index (Phi) is 30.9. The zero-order chi connectivity index (χ0) is 38.5. The van der Waals surface area contributed by atoms with Crippen LogP contribution in [0.15, 0.2) is 157 Å². The van der Waals surface area contributed by atoms with E-state index in [1.165, 1.54) is 4.43 Å². The van der Waals surface area contributed by atoms with E-state index in [1.54, 1.807) is 35.3 Å². The second-order valence-corrected chi connectivity index (χ2v) is 11.3. The van der Waals surface area contributed by atoms with Crippen molar-refractivity contribution in [2.45, 2.75) is 20.8 Å². The summed E-state index contributed by atoms with van der Waals surface area (Å²) < 4.78 is 2.99. The first-order valence-electron chi connectivity index (χ1n) is 16.3. The molecule has 13 heteroatoms. The molecule has 8 nitrogen and oxygen atoms in total. The Balaban J connectivity index is 0.000000788. The maximum atomic E-state index is 8.31. The number of halogens is 3. The summed E-state index contributed by atoms with van der Waals surface area (Å²) in [5, 5.41) is 12.0. The average Bonchev–Trinajstić information content (AvgIpc) is 3.76. The molecular formula is C42H37I3Ir2N8-2. The second-order valence-electron chi connectivity index (χ2n) is 9.73. The summed E-state index contributed by atoms with van der Waals surface area (Å²) in [6.07, 6.45) is 10.5. The van der Waals surface area contributed by atoms with Gasteiger partial charge in [0.25, 0.3) is 0 Å². The minimum absolute atomic E-state index is 0. The van der Waals surface area contributed by atoms with Crippen molar-refractivity contribution >= 4 is 65.5 Å². The van der Waals surface area contributed by atoms with E-state index in [-0.39, 0.29) is 40.2 Å². The van der Waals surface area contributed by atoms with E-state index in [4.69, 9.17) is 12.0 Å². The first-order chi connectivity index (χ1) is 26.1. The molecule has 0 amide bonds. The van der Waals surface area contributed by atoms with Gasteiger partial charge in [-0.3, -0.25) is 0 Å². The van der Waals surface area contributed by atoms with Crippen LogP contribution in [0.3, 0.4) is 0 Å². The van der Waals surface area contributed by atoms with E-state index in [0.717, 1.165) is 45.0 Å². The van der Waals surface area contributed by atoms with Gasteiger partial charge in [-0.2, -0.15) is 0 Å². The topological polar surface area (TPSA) is 105 Å². The van der Waals surface area contributed by atoms with Gasteiger partial charge >= 0.3 is 0 Å². The van der Waals surface area contributed by atoms with Crippen LogP contribution in [0.2, 0.25) is 0 Å². The van der Waals surface area contributed by atoms with Gasteiger partial charge in [0.1, 0.15) is 5.69 Å². The zero-order valence-corrected chi connectivity index (χ0v) is 41.4. The van der Waals surface area contributed by atoms with Crippen molar-refractivity contribution in [3.63, 3.8) is 0 Å². The van der Waals surface area contributed by atoms with Crippen LogP contribution in [0.5, 0.6) is 0 Å². The van der Waals surface area contributed by atoms with Gasteiger partial charge in [0, 0.05) is 106 Å². The Labute approximate surface area is 388 Å². The first kappa shape index (κ1) is 51.7. The number of rotatable bonds is 5. The zero-order valence-electron chi connectivity index (χ0n) is 30.1. The quantitative estimate of drug-likeness (QED) is 0.0325. The molecule has 0 saturated heterocycles. The van der Waals surface area contributed by atoms with Crippen LogP contribution in [-0.2, 0) is 40.2 Å². The largest absolute Gasteiger partial charge is 0.305 e. The summed E-state index contributed by atoms with van der Waals surface area (Å²) in [5.41, 5.74) is 16.1. The van der Waals surface area contributed by atoms with Crippen molar-refractivity contribution in [1.82, 2.24) is 25.0 Å². The fraction of sp³-hybridized carbons (Fsp3) is 0.0952. The predicted molar refractivity (Wildman–Crippen MR) is 245 cm³/mol. The molecule has 0 saturated carbocycles. The Morgan fingerprint density at radius 3 is 1.75 bits per heavy atom. The van der Waals surface area contributed by atoms with E-state index >= 15 is 0 Å². The molecule has 3 aromatic heterocycles. The summed E-state index contributed by atoms with van der Waals surface area (Å²) in [6, 6.07) is 48.3. The molecule has 0 aliphatic heterocycles. The summed E-state index contributed by atoms with van der Waals surface area (Å²) in [5.74, 6) is 2.53. The fourth-order valence-electron chi connectivity index (χ4n) is 4.17. The number of benzene rings is 4. The molecule has 0 fully saturated rings. The van der Waals surface area contributed by atoms with Crippen LogP contribution in [0, 0.1) is 24.5 Å². The third kappa shape index (κ3) is 19.4. The van der Waals surface area contributed by atoms with Crippen LogP contribution in [0.25, 0.3) is 49.9 Å². The molecule has 2 radical (unpaired) electrons. The van der Waals surface area contributed by atoms with Crippen molar-refractivity contribution in [2.24, 2.45) is 5.11 Å². The first-order valence-corrected chi connectivity index (χ1v) is 24.1. The molecule has 0 bridgehead atoms. The molecule has 0 unspecified atom stereocenters. The van der Waals surface area contributed by atoms with Gasteiger partial charge in [0.05, 0.1) is 6.20 Å². The molecule has 0 aliphatic rings. The Morgan fingerprint density at radius 1 is 0.745 bits per heavy atom. The van der Waals surface area contributed by atoms with E-state index in [2.05, 4.69) is 115 Å². The van der Waals surface area contributed by atoms with Crippen molar-refractivity contribution in [3.05, 3.63) is 180 Å². The van der Waals surface area contributed by atoms with Gasteiger partial charge < -0.3 is 9.97 Å². The number of alkyl halides is 1. The predicted octanol–water partition coefficient (Wildman–Crippen LogP) is 13.2. The molecule has 0 aliphatic carbocycles. The molecular weight excluding hydrogens is 1380 g/mol. The van der Waals surface area contributed by atoms with Crippen LogP contribution in [0.4, 0.5) is 5.69 Å². The third-order valence-corrected chi connectivity index (χ3v) is 6.38. The van der Waals surface area contributed by atoms with Gasteiger partial charge in [-0.15, -0.1) is 71.2 Å². The van der Waals surface area contributed by atoms with Crippen molar-refractivity contribution in [1.29, 1.82) is 0 Å². The summed E-state index contributed by atoms with van der Waals surface area (Å²) in [6.45, 7) is 6.11. The molecule has 7 aromatic rings. The average molecular weight is 1420 g/mol. The van der Waals surface area contributed by atoms with Gasteiger partial charge in [-0.1, -0.05) is 132 Å². The summed E-state index contributed by atoms with van der Waals surface area (Å²) in [7, 11) is 0. The minimum atomic E-state index is 0. The number of aromatic nitrogens is 5. The van der Waals surface area contributed by atoms with Crippen molar-refractivity contribution in [3.8, 4) is 51.8 Å². The van der Waals surface area contributed by atoms with E-state index in [9.17, 15) is 0 Å². The van der Waals surface area contributed by atoms with Crippen LogP contribution in [0.1, 0.15) is 26.3 Å². The van der Waals surface area contributed by atoms with E-state index in [0.29, 0.717) is 5.69 Å². The maximum absolute atomic E-state index is 8.31. The van der Waals surface area contributed by atoms with Gasteiger partial charge in [-0.05, 0) is 57.0 Å².